The molecule has 7 nitrogen and oxygen atoms in total. The van der Waals surface area contributed by atoms with Crippen LogP contribution in [0.3, 0.4) is 0 Å². The Balaban J connectivity index is 1.35. The first kappa shape index (κ1) is 25.4. The maximum Gasteiger partial charge on any atom is 0.253 e. The van der Waals surface area contributed by atoms with Crippen molar-refractivity contribution in [1.82, 2.24) is 20.1 Å². The second-order valence-corrected chi connectivity index (χ2v) is 10.5. The van der Waals surface area contributed by atoms with Crippen LogP contribution in [-0.4, -0.2) is 38.9 Å². The van der Waals surface area contributed by atoms with Crippen molar-refractivity contribution in [1.29, 1.82) is 0 Å². The average Bonchev–Trinajstić information content (AvgIpc) is 3.52. The predicted octanol–water partition coefficient (Wildman–Crippen LogP) is 5.43. The number of anilines is 1. The molecule has 11 heteroatoms. The van der Waals surface area contributed by atoms with Crippen LogP contribution in [0.1, 0.15) is 21.7 Å². The predicted molar refractivity (Wildman–Crippen MR) is 145 cm³/mol. The number of carbonyl (C=O) groups excluding carboxylic acids is 2. The van der Waals surface area contributed by atoms with Gasteiger partial charge in [0.25, 0.3) is 5.91 Å². The van der Waals surface area contributed by atoms with E-state index in [2.05, 4.69) is 31.4 Å². The fraction of sp³-hybridized carbons (Fsp3) is 0.154. The smallest absolute Gasteiger partial charge is 0.253 e. The fourth-order valence-corrected chi connectivity index (χ4v) is 5.50. The van der Waals surface area contributed by atoms with Crippen LogP contribution in [-0.2, 0) is 17.8 Å². The van der Waals surface area contributed by atoms with E-state index >= 15 is 0 Å². The summed E-state index contributed by atoms with van der Waals surface area (Å²) < 4.78 is 16.0. The molecule has 1 aliphatic heterocycles. The molecule has 188 valence electrons. The normalized spacial score (nSPS) is 12.5. The summed E-state index contributed by atoms with van der Waals surface area (Å²) in [7, 11) is 0. The number of rotatable bonds is 7. The van der Waals surface area contributed by atoms with Gasteiger partial charge in [0.05, 0.1) is 22.9 Å². The van der Waals surface area contributed by atoms with Gasteiger partial charge in [-0.15, -0.1) is 10.2 Å². The number of aromatic nitrogens is 3. The van der Waals surface area contributed by atoms with Crippen molar-refractivity contribution in [2.75, 3.05) is 17.2 Å². The molecule has 0 spiro atoms. The zero-order chi connectivity index (χ0) is 25.9. The molecule has 0 bridgehead atoms. The van der Waals surface area contributed by atoms with E-state index in [1.807, 2.05) is 24.3 Å². The highest BCUT2D eigenvalue weighted by Crippen LogP contribution is 2.29. The Morgan fingerprint density at radius 2 is 1.86 bits per heavy atom. The summed E-state index contributed by atoms with van der Waals surface area (Å²) in [6.45, 7) is 0.679. The minimum absolute atomic E-state index is 0.0391. The van der Waals surface area contributed by atoms with Crippen LogP contribution in [0.4, 0.5) is 10.1 Å². The first-order chi connectivity index (χ1) is 17.9. The topological polar surface area (TPSA) is 80.1 Å². The Morgan fingerprint density at radius 1 is 1.08 bits per heavy atom. The highest BCUT2D eigenvalue weighted by Gasteiger charge is 2.25. The standard InChI is InChI=1S/C26H20BrClFN5O2S/c27-17-5-10-21(28)20(13-17)25(36)30-14-23-31-32-26(34(23)19-8-6-18(29)7-9-19)37-15-24(35)33-12-11-16-3-1-2-4-22(16)33/h1-10,13H,11-12,14-15H2,(H,30,36). The summed E-state index contributed by atoms with van der Waals surface area (Å²) in [5, 5.41) is 12.1. The summed E-state index contributed by atoms with van der Waals surface area (Å²) in [5.74, 6) is -0.228. The molecule has 0 unspecified atom stereocenters. The zero-order valence-corrected chi connectivity index (χ0v) is 22.5. The Kier molecular flexibility index (Phi) is 7.59. The number of para-hydroxylation sites is 1. The number of hydrogen-bond acceptors (Lipinski definition) is 5. The van der Waals surface area contributed by atoms with E-state index in [0.29, 0.717) is 33.8 Å². The minimum atomic E-state index is -0.381. The maximum absolute atomic E-state index is 13.6. The fourth-order valence-electron chi connectivity index (χ4n) is 4.09. The van der Waals surface area contributed by atoms with Gasteiger partial charge in [0.2, 0.25) is 5.91 Å². The number of fused-ring (bicyclic) bond motifs is 1. The summed E-state index contributed by atoms with van der Waals surface area (Å²) in [6, 6.07) is 18.7. The van der Waals surface area contributed by atoms with E-state index in [-0.39, 0.29) is 29.9 Å². The van der Waals surface area contributed by atoms with Gasteiger partial charge in [-0.1, -0.05) is 57.5 Å². The Bertz CT molecular complexity index is 1480. The van der Waals surface area contributed by atoms with Crippen LogP contribution in [0, 0.1) is 5.82 Å². The molecule has 1 aliphatic rings. The Hall–Kier alpha value is -3.21. The molecular formula is C26H20BrClFN5O2S. The summed E-state index contributed by atoms with van der Waals surface area (Å²) >= 11 is 10.8. The number of carbonyl (C=O) groups is 2. The lowest BCUT2D eigenvalue weighted by Crippen LogP contribution is -2.30. The van der Waals surface area contributed by atoms with Crippen LogP contribution in [0.2, 0.25) is 5.02 Å². The number of thioether (sulfide) groups is 1. The second kappa shape index (κ2) is 11.0. The number of halogens is 3. The first-order valence-electron chi connectivity index (χ1n) is 11.4. The highest BCUT2D eigenvalue weighted by molar-refractivity contribution is 9.10. The Morgan fingerprint density at radius 3 is 2.68 bits per heavy atom. The monoisotopic (exact) mass is 599 g/mol. The molecule has 1 N–H and O–H groups in total. The minimum Gasteiger partial charge on any atom is -0.345 e. The van der Waals surface area contributed by atoms with E-state index in [9.17, 15) is 14.0 Å². The molecule has 4 aromatic rings. The molecule has 0 saturated carbocycles. The Labute approximate surface area is 230 Å². The lowest BCUT2D eigenvalue weighted by molar-refractivity contribution is -0.116. The van der Waals surface area contributed by atoms with E-state index in [1.54, 1.807) is 39.8 Å². The first-order valence-corrected chi connectivity index (χ1v) is 13.5. The number of nitrogens with zero attached hydrogens (tertiary/aromatic N) is 4. The summed E-state index contributed by atoms with van der Waals surface area (Å²) in [5.41, 5.74) is 3.01. The van der Waals surface area contributed by atoms with Crippen molar-refractivity contribution < 1.29 is 14.0 Å². The third kappa shape index (κ3) is 5.56. The lowest BCUT2D eigenvalue weighted by atomic mass is 10.2. The maximum atomic E-state index is 13.6. The highest BCUT2D eigenvalue weighted by atomic mass is 79.9. The van der Waals surface area contributed by atoms with Crippen molar-refractivity contribution in [3.05, 3.63) is 99.0 Å². The van der Waals surface area contributed by atoms with Crippen LogP contribution >= 0.6 is 39.3 Å². The molecule has 2 amide bonds. The van der Waals surface area contributed by atoms with E-state index in [0.717, 1.165) is 22.1 Å². The van der Waals surface area contributed by atoms with Gasteiger partial charge < -0.3 is 10.2 Å². The van der Waals surface area contributed by atoms with Crippen LogP contribution in [0.5, 0.6) is 0 Å². The third-order valence-corrected chi connectivity index (χ3v) is 7.61. The van der Waals surface area contributed by atoms with E-state index in [4.69, 9.17) is 11.6 Å². The lowest BCUT2D eigenvalue weighted by Gasteiger charge is -2.17. The summed E-state index contributed by atoms with van der Waals surface area (Å²) in [4.78, 5) is 27.6. The van der Waals surface area contributed by atoms with Crippen LogP contribution < -0.4 is 10.2 Å². The number of benzene rings is 3. The molecule has 0 saturated heterocycles. The molecule has 1 aromatic heterocycles. The largest absolute Gasteiger partial charge is 0.345 e. The molecule has 5 rings (SSSR count). The van der Waals surface area contributed by atoms with Gasteiger partial charge >= 0.3 is 0 Å². The van der Waals surface area contributed by atoms with Gasteiger partial charge in [0.1, 0.15) is 5.82 Å². The molecular weight excluding hydrogens is 581 g/mol. The van der Waals surface area contributed by atoms with Crippen LogP contribution in [0.25, 0.3) is 5.69 Å². The van der Waals surface area contributed by atoms with Crippen molar-refractivity contribution in [2.24, 2.45) is 0 Å². The van der Waals surface area contributed by atoms with Gasteiger partial charge in [-0.25, -0.2) is 4.39 Å². The van der Waals surface area contributed by atoms with Crippen molar-refractivity contribution >= 4 is 56.8 Å². The molecule has 0 aliphatic carbocycles. The SMILES string of the molecule is O=C(NCc1nnc(SCC(=O)N2CCc3ccccc32)n1-c1ccc(F)cc1)c1cc(Br)ccc1Cl. The molecule has 3 aromatic carbocycles. The molecule has 37 heavy (non-hydrogen) atoms. The zero-order valence-electron chi connectivity index (χ0n) is 19.3. The molecule has 0 fully saturated rings. The summed E-state index contributed by atoms with van der Waals surface area (Å²) in [6.07, 6.45) is 0.824. The van der Waals surface area contributed by atoms with Crippen molar-refractivity contribution in [3.8, 4) is 5.69 Å². The van der Waals surface area contributed by atoms with Crippen LogP contribution in [0.15, 0.2) is 76.4 Å². The third-order valence-electron chi connectivity index (χ3n) is 5.88. The number of nitrogens with one attached hydrogen (secondary N) is 1. The van der Waals surface area contributed by atoms with Gasteiger partial charge in [0, 0.05) is 22.4 Å². The number of hydrogen-bond donors (Lipinski definition) is 1. The van der Waals surface area contributed by atoms with Crippen molar-refractivity contribution in [3.63, 3.8) is 0 Å². The van der Waals surface area contributed by atoms with E-state index < -0.39 is 0 Å². The van der Waals surface area contributed by atoms with E-state index in [1.165, 1.54) is 23.9 Å². The van der Waals surface area contributed by atoms with Gasteiger partial charge in [-0.05, 0) is 60.5 Å². The quantitative estimate of drug-likeness (QED) is 0.286. The van der Waals surface area contributed by atoms with Gasteiger partial charge in [-0.2, -0.15) is 0 Å². The number of amides is 2. The van der Waals surface area contributed by atoms with Crippen molar-refractivity contribution in [2.45, 2.75) is 18.1 Å². The van der Waals surface area contributed by atoms with Gasteiger partial charge in [-0.3, -0.25) is 14.2 Å². The molecule has 0 atom stereocenters. The molecule has 2 heterocycles. The average molecular weight is 601 g/mol. The molecule has 0 radical (unpaired) electrons. The second-order valence-electron chi connectivity index (χ2n) is 8.23. The van der Waals surface area contributed by atoms with Gasteiger partial charge in [0.15, 0.2) is 11.0 Å².